The Kier molecular flexibility index (Phi) is 9.09. The van der Waals surface area contributed by atoms with Gasteiger partial charge in [-0.15, -0.1) is 0 Å². The third kappa shape index (κ3) is 7.34. The molecule has 34 heavy (non-hydrogen) atoms. The van der Waals surface area contributed by atoms with E-state index in [2.05, 4.69) is 5.16 Å². The molecule has 1 amide bonds. The summed E-state index contributed by atoms with van der Waals surface area (Å²) in [5, 5.41) is 34.6. The zero-order chi connectivity index (χ0) is 24.5. The lowest BCUT2D eigenvalue weighted by molar-refractivity contribution is -0.137. The maximum atomic E-state index is 12.8. The van der Waals surface area contributed by atoms with Crippen LogP contribution in [0.15, 0.2) is 41.6 Å². The van der Waals surface area contributed by atoms with Crippen LogP contribution >= 0.6 is 0 Å². The summed E-state index contributed by atoms with van der Waals surface area (Å²) in [6, 6.07) is 2.43. The Hall–Kier alpha value is -3.33. The predicted molar refractivity (Wildman–Crippen MR) is 126 cm³/mol. The Bertz CT molecular complexity index is 964. The smallest absolute Gasteiger partial charge is 0.342 e. The number of likely N-dealkylation sites (tertiary alicyclic amines) is 1. The van der Waals surface area contributed by atoms with E-state index in [0.717, 1.165) is 25.3 Å². The van der Waals surface area contributed by atoms with Gasteiger partial charge in [0.1, 0.15) is 23.2 Å². The van der Waals surface area contributed by atoms with Gasteiger partial charge in [-0.2, -0.15) is 0 Å². The van der Waals surface area contributed by atoms with Crippen LogP contribution < -0.4 is 0 Å². The predicted octanol–water partition coefficient (Wildman–Crippen LogP) is 2.84. The van der Waals surface area contributed by atoms with Gasteiger partial charge in [0.15, 0.2) is 6.61 Å². The van der Waals surface area contributed by atoms with Crippen LogP contribution in [0.4, 0.5) is 0 Å². The first-order valence-corrected chi connectivity index (χ1v) is 11.6. The molecule has 2 atom stereocenters. The first-order chi connectivity index (χ1) is 16.3. The molecule has 0 aliphatic carbocycles. The van der Waals surface area contributed by atoms with Crippen molar-refractivity contribution in [2.24, 2.45) is 5.16 Å². The zero-order valence-corrected chi connectivity index (χ0v) is 19.4. The fourth-order valence-corrected chi connectivity index (χ4v) is 3.91. The van der Waals surface area contributed by atoms with E-state index in [1.165, 1.54) is 6.07 Å². The van der Waals surface area contributed by atoms with Crippen LogP contribution in [0, 0.1) is 0 Å². The van der Waals surface area contributed by atoms with E-state index in [-0.39, 0.29) is 35.8 Å². The molecule has 2 aliphatic heterocycles. The van der Waals surface area contributed by atoms with Gasteiger partial charge >= 0.3 is 5.97 Å². The van der Waals surface area contributed by atoms with Crippen molar-refractivity contribution in [1.82, 2.24) is 4.90 Å². The minimum atomic E-state index is -0.740. The molecule has 0 radical (unpaired) electrons. The van der Waals surface area contributed by atoms with Gasteiger partial charge in [-0.1, -0.05) is 23.4 Å². The lowest BCUT2D eigenvalue weighted by Gasteiger charge is -2.26. The van der Waals surface area contributed by atoms with Crippen molar-refractivity contribution in [3.8, 4) is 11.5 Å². The summed E-state index contributed by atoms with van der Waals surface area (Å²) in [5.74, 6) is -1.52. The van der Waals surface area contributed by atoms with Gasteiger partial charge in [0.05, 0.1) is 11.8 Å². The van der Waals surface area contributed by atoms with Crippen LogP contribution in [0.2, 0.25) is 0 Å². The highest BCUT2D eigenvalue weighted by Crippen LogP contribution is 2.29. The molecule has 2 heterocycles. The first kappa shape index (κ1) is 25.3. The second-order valence-electron chi connectivity index (χ2n) is 8.56. The lowest BCUT2D eigenvalue weighted by Crippen LogP contribution is -2.37. The monoisotopic (exact) mass is 472 g/mol. The average molecular weight is 473 g/mol. The number of ether oxygens (including phenoxy) is 1. The third-order valence-electron chi connectivity index (χ3n) is 5.66. The largest absolute Gasteiger partial charge is 0.508 e. The number of cyclic esters (lactones) is 1. The van der Waals surface area contributed by atoms with Crippen LogP contribution in [0.3, 0.4) is 0 Å². The van der Waals surface area contributed by atoms with Crippen molar-refractivity contribution >= 4 is 17.6 Å². The number of carbonyl (C=O) groups is 2. The summed E-state index contributed by atoms with van der Waals surface area (Å²) >= 11 is 0. The number of rotatable bonds is 3. The highest BCUT2D eigenvalue weighted by atomic mass is 16.6. The molecule has 9 nitrogen and oxygen atoms in total. The molecule has 184 valence electrons. The number of aliphatic hydroxyl groups excluding tert-OH is 1. The van der Waals surface area contributed by atoms with E-state index in [1.807, 2.05) is 0 Å². The SMILES string of the molecule is C[C@@H]1C/C=C/C(O)C/C=C/C(=N\OCC(=O)N2CCCCC2)Cc2cc(O)cc(O)c2C(=O)O1. The minimum absolute atomic E-state index is 0.0150. The molecule has 9 heteroatoms. The fraction of sp³-hybridized carbons (Fsp3) is 0.480. The van der Waals surface area contributed by atoms with E-state index in [9.17, 15) is 24.9 Å². The number of aliphatic hydroxyl groups is 1. The average Bonchev–Trinajstić information content (AvgIpc) is 2.78. The van der Waals surface area contributed by atoms with Crippen molar-refractivity contribution in [3.05, 3.63) is 47.6 Å². The van der Waals surface area contributed by atoms with Crippen LogP contribution in [0.1, 0.15) is 54.9 Å². The molecule has 1 aromatic carbocycles. The number of piperidine rings is 1. The number of phenolic OH excluding ortho intramolecular Hbond substituents is 2. The molecule has 3 N–H and O–H groups in total. The van der Waals surface area contributed by atoms with Gasteiger partial charge < -0.3 is 29.8 Å². The molecule has 0 saturated carbocycles. The standard InChI is InChI=1S/C25H32N2O7/c1-17-7-5-9-20(28)10-6-8-19(26-33-16-23(31)27-11-3-2-4-12-27)13-18-14-21(29)15-22(30)24(18)25(32)34-17/h5-6,8-9,14-15,17,20,28-30H,2-4,7,10-13,16H2,1H3/b8-6+,9-5+,26-19+/t17-,20?/m1/s1. The third-order valence-corrected chi connectivity index (χ3v) is 5.66. The van der Waals surface area contributed by atoms with E-state index < -0.39 is 23.9 Å². The molecule has 1 saturated heterocycles. The Labute approximate surface area is 199 Å². The van der Waals surface area contributed by atoms with Gasteiger partial charge in [0, 0.05) is 32.0 Å². The molecule has 1 fully saturated rings. The van der Waals surface area contributed by atoms with E-state index in [0.29, 0.717) is 31.6 Å². The Morgan fingerprint density at radius 1 is 1.18 bits per heavy atom. The summed E-state index contributed by atoms with van der Waals surface area (Å²) in [4.78, 5) is 32.2. The van der Waals surface area contributed by atoms with E-state index >= 15 is 0 Å². The number of amides is 1. The number of oxime groups is 1. The first-order valence-electron chi connectivity index (χ1n) is 11.6. The summed E-state index contributed by atoms with van der Waals surface area (Å²) in [5.41, 5.74) is 0.556. The Morgan fingerprint density at radius 3 is 2.71 bits per heavy atom. The fourth-order valence-electron chi connectivity index (χ4n) is 3.91. The number of hydrogen-bond acceptors (Lipinski definition) is 8. The number of benzene rings is 1. The number of hydrogen-bond donors (Lipinski definition) is 3. The normalized spacial score (nSPS) is 25.1. The summed E-state index contributed by atoms with van der Waals surface area (Å²) < 4.78 is 5.44. The van der Waals surface area contributed by atoms with Crippen LogP contribution in [0.5, 0.6) is 11.5 Å². The number of esters is 1. The van der Waals surface area contributed by atoms with Gasteiger partial charge in [0.25, 0.3) is 5.91 Å². The highest BCUT2D eigenvalue weighted by Gasteiger charge is 2.22. The molecule has 0 bridgehead atoms. The highest BCUT2D eigenvalue weighted by molar-refractivity contribution is 6.00. The molecule has 2 aliphatic rings. The summed E-state index contributed by atoms with van der Waals surface area (Å²) in [6.07, 6.45) is 9.22. The summed E-state index contributed by atoms with van der Waals surface area (Å²) in [7, 11) is 0. The van der Waals surface area contributed by atoms with E-state index in [4.69, 9.17) is 9.57 Å². The number of nitrogens with zero attached hydrogens (tertiary/aromatic N) is 2. The van der Waals surface area contributed by atoms with Gasteiger partial charge in [-0.3, -0.25) is 4.79 Å². The molecular weight excluding hydrogens is 440 g/mol. The zero-order valence-electron chi connectivity index (χ0n) is 19.4. The van der Waals surface area contributed by atoms with Crippen molar-refractivity contribution in [3.63, 3.8) is 0 Å². The molecular formula is C25H32N2O7. The minimum Gasteiger partial charge on any atom is -0.508 e. The maximum Gasteiger partial charge on any atom is 0.342 e. The van der Waals surface area contributed by atoms with Crippen LogP contribution in [0.25, 0.3) is 0 Å². The van der Waals surface area contributed by atoms with Crippen LogP contribution in [-0.2, 0) is 20.8 Å². The molecule has 3 rings (SSSR count). The molecule has 0 aromatic heterocycles. The number of allylic oxidation sites excluding steroid dienone is 1. The number of fused-ring (bicyclic) bond motifs is 1. The summed E-state index contributed by atoms with van der Waals surface area (Å²) in [6.45, 7) is 2.89. The Morgan fingerprint density at radius 2 is 1.94 bits per heavy atom. The Balaban J connectivity index is 1.86. The molecule has 0 spiro atoms. The lowest BCUT2D eigenvalue weighted by atomic mass is 9.99. The number of carbonyl (C=O) groups excluding carboxylic acids is 2. The van der Waals surface area contributed by atoms with Gasteiger partial charge in [-0.05, 0) is 50.3 Å². The number of phenols is 2. The molecule has 1 unspecified atom stereocenters. The van der Waals surface area contributed by atoms with Crippen molar-refractivity contribution in [1.29, 1.82) is 0 Å². The van der Waals surface area contributed by atoms with Crippen molar-refractivity contribution < 1.29 is 34.5 Å². The molecule has 1 aromatic rings. The van der Waals surface area contributed by atoms with Gasteiger partial charge in [-0.25, -0.2) is 4.79 Å². The van der Waals surface area contributed by atoms with Gasteiger partial charge in [0.2, 0.25) is 0 Å². The second-order valence-corrected chi connectivity index (χ2v) is 8.56. The number of aromatic hydroxyl groups is 2. The van der Waals surface area contributed by atoms with Crippen molar-refractivity contribution in [2.45, 2.75) is 57.7 Å². The van der Waals surface area contributed by atoms with Crippen LogP contribution in [-0.4, -0.2) is 69.7 Å². The topological polar surface area (TPSA) is 129 Å². The maximum absolute atomic E-state index is 12.8. The second kappa shape index (κ2) is 12.2. The van der Waals surface area contributed by atoms with Crippen molar-refractivity contribution in [2.75, 3.05) is 19.7 Å². The quantitative estimate of drug-likeness (QED) is 0.350. The van der Waals surface area contributed by atoms with E-state index in [1.54, 1.807) is 36.1 Å².